The van der Waals surface area contributed by atoms with Gasteiger partial charge in [-0.15, -0.1) is 17.5 Å². The van der Waals surface area contributed by atoms with E-state index in [1.54, 1.807) is 0 Å². The third-order valence-electron chi connectivity index (χ3n) is 9.93. The van der Waals surface area contributed by atoms with Crippen LogP contribution in [0, 0.1) is 6.07 Å². The molecule has 9 rings (SSSR count). The van der Waals surface area contributed by atoms with E-state index < -0.39 is 8.32 Å². The average molecular weight is 859 g/mol. The fraction of sp³-hybridized carbons (Fsp3) is 0.0909. The van der Waals surface area contributed by atoms with Gasteiger partial charge in [0.2, 0.25) is 0 Å². The Morgan fingerprint density at radius 1 is 0.608 bits per heavy atom. The number of para-hydroxylation sites is 2. The van der Waals surface area contributed by atoms with Crippen LogP contribution in [-0.2, 0) is 26.5 Å². The van der Waals surface area contributed by atoms with Crippen molar-refractivity contribution in [2.24, 2.45) is 0 Å². The van der Waals surface area contributed by atoms with Crippen molar-refractivity contribution in [3.8, 4) is 11.5 Å². The summed E-state index contributed by atoms with van der Waals surface area (Å²) in [4.78, 5) is 23.1. The molecule has 1 N–H and O–H groups in total. The molecule has 4 aromatic heterocycles. The van der Waals surface area contributed by atoms with Gasteiger partial charge in [-0.25, -0.2) is 9.97 Å². The summed E-state index contributed by atoms with van der Waals surface area (Å²) in [7, 11) is -3.45. The van der Waals surface area contributed by atoms with Crippen molar-refractivity contribution in [2.75, 3.05) is 0 Å². The Hall–Kier alpha value is -5.13. The molecule has 252 valence electrons. The molecule has 9 aromatic rings. The molecule has 0 saturated heterocycles. The minimum absolute atomic E-state index is 0. The predicted molar refractivity (Wildman–Crippen MR) is 208 cm³/mol. The van der Waals surface area contributed by atoms with Crippen molar-refractivity contribution < 1.29 is 25.9 Å². The maximum atomic E-state index is 12.8. The molecule has 0 fully saturated rings. The van der Waals surface area contributed by atoms with Gasteiger partial charge in [-0.1, -0.05) is 129 Å². The molecule has 0 aliphatic rings. The van der Waals surface area contributed by atoms with Crippen LogP contribution in [0.5, 0.6) is 0 Å². The second kappa shape index (κ2) is 12.6. The smallest absolute Gasteiger partial charge is 0.304 e. The number of nitrogens with zero attached hydrogens (tertiary/aromatic N) is 4. The van der Waals surface area contributed by atoms with E-state index in [0.717, 1.165) is 65.6 Å². The molecule has 5 aromatic carbocycles. The van der Waals surface area contributed by atoms with Gasteiger partial charge in [0.05, 0.1) is 10.8 Å². The summed E-state index contributed by atoms with van der Waals surface area (Å²) in [5.74, 6) is 0.862. The molecule has 7 heteroatoms. The van der Waals surface area contributed by atoms with E-state index in [9.17, 15) is 4.80 Å². The molecule has 0 atom stereocenters. The molecular weight excluding hydrogens is 824 g/mol. The zero-order valence-corrected chi connectivity index (χ0v) is 31.8. The van der Waals surface area contributed by atoms with Gasteiger partial charge < -0.3 is 13.9 Å². The van der Waals surface area contributed by atoms with E-state index in [2.05, 4.69) is 115 Å². The van der Waals surface area contributed by atoms with Gasteiger partial charge in [0.1, 0.15) is 11.5 Å². The largest absolute Gasteiger partial charge is 0.420 e. The van der Waals surface area contributed by atoms with Crippen molar-refractivity contribution in [3.63, 3.8) is 0 Å². The molecule has 0 unspecified atom stereocenters. The zero-order valence-electron chi connectivity index (χ0n) is 28.5. The molecule has 0 radical (unpaired) electrons. The third-order valence-corrected chi connectivity index (χ3v) is 13.3. The molecule has 4 heterocycles. The third kappa shape index (κ3) is 5.29. The van der Waals surface area contributed by atoms with Crippen molar-refractivity contribution in [3.05, 3.63) is 163 Å². The molecule has 0 aliphatic carbocycles. The number of pyridine rings is 2. The minimum Gasteiger partial charge on any atom is -0.420 e. The molecular formula is C44H35N4OPtSi-. The molecule has 0 aliphatic heterocycles. The van der Waals surface area contributed by atoms with Crippen LogP contribution in [0.2, 0.25) is 0 Å². The summed E-state index contributed by atoms with van der Waals surface area (Å²) in [5, 5.41) is 6.85. The van der Waals surface area contributed by atoms with Gasteiger partial charge in [-0.2, -0.15) is 6.07 Å². The van der Waals surface area contributed by atoms with Gasteiger partial charge in [-0.3, -0.25) is 0 Å². The first-order chi connectivity index (χ1) is 24.3. The van der Waals surface area contributed by atoms with Gasteiger partial charge in [0, 0.05) is 43.6 Å². The Labute approximate surface area is 312 Å². The number of fused-ring (bicyclic) bond motifs is 6. The monoisotopic (exact) mass is 858 g/mol. The summed E-state index contributed by atoms with van der Waals surface area (Å²) < 4.78 is 4.42. The Morgan fingerprint density at radius 2 is 1.18 bits per heavy atom. The van der Waals surface area contributed by atoms with Gasteiger partial charge >= 0.3 is 8.32 Å². The maximum absolute atomic E-state index is 12.8. The van der Waals surface area contributed by atoms with Gasteiger partial charge in [-0.05, 0) is 63.1 Å². The van der Waals surface area contributed by atoms with Crippen molar-refractivity contribution >= 4 is 67.8 Å². The van der Waals surface area contributed by atoms with E-state index in [0.29, 0.717) is 5.32 Å². The second-order valence-electron chi connectivity index (χ2n) is 14.0. The first kappa shape index (κ1) is 33.0. The Balaban J connectivity index is 0.00000374. The quantitative estimate of drug-likeness (QED) is 0.143. The zero-order chi connectivity index (χ0) is 34.0. The van der Waals surface area contributed by atoms with Crippen LogP contribution in [-0.4, -0.2) is 32.2 Å². The van der Waals surface area contributed by atoms with Gasteiger partial charge in [0.25, 0.3) is 0 Å². The number of benzene rings is 5. The Kier molecular flexibility index (Phi) is 8.14. The van der Waals surface area contributed by atoms with Crippen LogP contribution in [0.3, 0.4) is 0 Å². The fourth-order valence-electron chi connectivity index (χ4n) is 7.36. The van der Waals surface area contributed by atoms with Crippen LogP contribution >= 0.6 is 0 Å². The molecule has 0 spiro atoms. The number of rotatable bonds is 5. The normalized spacial score (nSPS) is 12.2. The Morgan fingerprint density at radius 3 is 1.82 bits per heavy atom. The maximum Gasteiger partial charge on any atom is 0.304 e. The molecule has 0 amide bonds. The number of hydrogen-bond acceptors (Lipinski definition) is 3. The fourth-order valence-corrected chi connectivity index (χ4v) is 10.2. The standard InChI is InChI=1S/C44H35N4OSi.Pt/c1-44(2,3)30-26-27-45-41(28-30)48-39-21-13-10-18-34(39)36-23-22-31(29-40(36)48)47-38-20-12-11-19-35(38)37-24-25-42(46-43(37)47)50(49,32-14-6-4-7-15-32)33-16-8-5-9-17-33;/h4-28,49H,1-3H3;/q-1;. The second-order valence-corrected chi connectivity index (χ2v) is 17.1. The summed E-state index contributed by atoms with van der Waals surface area (Å²) in [6.07, 6.45) is 1.91. The van der Waals surface area contributed by atoms with Crippen LogP contribution in [0.1, 0.15) is 26.3 Å². The minimum atomic E-state index is -3.45. The molecule has 0 bridgehead atoms. The summed E-state index contributed by atoms with van der Waals surface area (Å²) in [6, 6.07) is 53.5. The average Bonchev–Trinajstić information content (AvgIpc) is 3.67. The molecule has 0 saturated carbocycles. The van der Waals surface area contributed by atoms with Crippen LogP contribution in [0.15, 0.2) is 152 Å². The first-order valence-corrected chi connectivity index (χ1v) is 18.9. The van der Waals surface area contributed by atoms with E-state index in [1.165, 1.54) is 5.56 Å². The summed E-state index contributed by atoms with van der Waals surface area (Å²) >= 11 is 0. The summed E-state index contributed by atoms with van der Waals surface area (Å²) in [5.41, 5.74) is 5.91. The Bertz CT molecular complexity index is 2670. The molecule has 5 nitrogen and oxygen atoms in total. The molecule has 51 heavy (non-hydrogen) atoms. The van der Waals surface area contributed by atoms with Gasteiger partial charge in [0.15, 0.2) is 0 Å². The first-order valence-electron chi connectivity index (χ1n) is 17.0. The van der Waals surface area contributed by atoms with Crippen molar-refractivity contribution in [1.29, 1.82) is 0 Å². The van der Waals surface area contributed by atoms with E-state index >= 15 is 0 Å². The van der Waals surface area contributed by atoms with Crippen molar-refractivity contribution in [2.45, 2.75) is 26.2 Å². The van der Waals surface area contributed by atoms with E-state index in [4.69, 9.17) is 9.97 Å². The van der Waals surface area contributed by atoms with E-state index in [-0.39, 0.29) is 26.5 Å². The SMILES string of the molecule is CC(C)(C)c1ccnc(-n2c3[c-]c(-n4c5ccccc5c5ccc([Si](O)(c6ccccc6)c6ccccc6)nc54)ccc3c3ccccc32)c1.[Pt]. The summed E-state index contributed by atoms with van der Waals surface area (Å²) in [6.45, 7) is 6.68. The predicted octanol–water partition coefficient (Wildman–Crippen LogP) is 7.73. The van der Waals surface area contributed by atoms with E-state index in [1.807, 2.05) is 72.9 Å². The van der Waals surface area contributed by atoms with Crippen LogP contribution < -0.4 is 15.7 Å². The van der Waals surface area contributed by atoms with Crippen LogP contribution in [0.4, 0.5) is 0 Å². The topological polar surface area (TPSA) is 55.9 Å². The van der Waals surface area contributed by atoms with Crippen LogP contribution in [0.25, 0.3) is 55.2 Å². The number of hydrogen-bond donors (Lipinski definition) is 1. The number of aromatic nitrogens is 4. The van der Waals surface area contributed by atoms with Crippen molar-refractivity contribution in [1.82, 2.24) is 19.1 Å².